The number of nitrogens with zero attached hydrogens (tertiary/aromatic N) is 1. The van der Waals surface area contributed by atoms with Crippen molar-refractivity contribution in [3.05, 3.63) is 29.3 Å². The molecule has 1 fully saturated rings. The van der Waals surface area contributed by atoms with Crippen LogP contribution in [0.3, 0.4) is 0 Å². The zero-order chi connectivity index (χ0) is 14.5. The van der Waals surface area contributed by atoms with Crippen molar-refractivity contribution in [2.45, 2.75) is 58.2 Å². The van der Waals surface area contributed by atoms with Crippen LogP contribution >= 0.6 is 0 Å². The third-order valence-electron chi connectivity index (χ3n) is 4.41. The van der Waals surface area contributed by atoms with Gasteiger partial charge in [-0.25, -0.2) is 0 Å². The van der Waals surface area contributed by atoms with E-state index in [1.807, 2.05) is 12.1 Å². The Kier molecular flexibility index (Phi) is 5.44. The second-order valence-electron chi connectivity index (χ2n) is 5.75. The number of aliphatic hydroxyl groups excluding tert-OH is 1. The van der Waals surface area contributed by atoms with E-state index in [4.69, 9.17) is 4.74 Å². The first-order valence-electron chi connectivity index (χ1n) is 7.74. The van der Waals surface area contributed by atoms with Crippen molar-refractivity contribution in [3.8, 4) is 5.75 Å². The SMILES string of the molecule is CCN(Cc1cc(C(C)O)ccc1OC)C1CCCC1. The summed E-state index contributed by atoms with van der Waals surface area (Å²) in [5, 5.41) is 9.76. The number of ether oxygens (including phenoxy) is 1. The van der Waals surface area contributed by atoms with E-state index in [9.17, 15) is 5.11 Å². The molecule has 1 N–H and O–H groups in total. The molecule has 1 aliphatic carbocycles. The van der Waals surface area contributed by atoms with Crippen molar-refractivity contribution in [2.75, 3.05) is 13.7 Å². The van der Waals surface area contributed by atoms with Gasteiger partial charge < -0.3 is 9.84 Å². The molecule has 0 heterocycles. The lowest BCUT2D eigenvalue weighted by atomic mass is 10.0. The van der Waals surface area contributed by atoms with Gasteiger partial charge in [-0.15, -0.1) is 0 Å². The summed E-state index contributed by atoms with van der Waals surface area (Å²) in [7, 11) is 1.72. The fourth-order valence-corrected chi connectivity index (χ4v) is 3.17. The lowest BCUT2D eigenvalue weighted by Crippen LogP contribution is -2.32. The smallest absolute Gasteiger partial charge is 0.123 e. The molecule has 1 aromatic carbocycles. The molecule has 3 heteroatoms. The molecule has 20 heavy (non-hydrogen) atoms. The lowest BCUT2D eigenvalue weighted by Gasteiger charge is -2.28. The van der Waals surface area contributed by atoms with Crippen LogP contribution in [0.15, 0.2) is 18.2 Å². The van der Waals surface area contributed by atoms with Crippen LogP contribution in [0.2, 0.25) is 0 Å². The van der Waals surface area contributed by atoms with E-state index in [1.165, 1.54) is 31.2 Å². The molecule has 0 aromatic heterocycles. The van der Waals surface area contributed by atoms with Gasteiger partial charge in [-0.1, -0.05) is 25.8 Å². The van der Waals surface area contributed by atoms with Crippen molar-refractivity contribution in [3.63, 3.8) is 0 Å². The molecule has 0 spiro atoms. The molecule has 0 amide bonds. The molecule has 0 saturated heterocycles. The van der Waals surface area contributed by atoms with Crippen molar-refractivity contribution < 1.29 is 9.84 Å². The number of aliphatic hydroxyl groups is 1. The first-order valence-corrected chi connectivity index (χ1v) is 7.74. The lowest BCUT2D eigenvalue weighted by molar-refractivity contribution is 0.193. The molecule has 112 valence electrons. The topological polar surface area (TPSA) is 32.7 Å². The van der Waals surface area contributed by atoms with Gasteiger partial charge in [0.15, 0.2) is 0 Å². The summed E-state index contributed by atoms with van der Waals surface area (Å²) in [6.07, 6.45) is 4.90. The van der Waals surface area contributed by atoms with Crippen LogP contribution in [0, 0.1) is 0 Å². The van der Waals surface area contributed by atoms with Crippen LogP contribution in [0.4, 0.5) is 0 Å². The summed E-state index contributed by atoms with van der Waals surface area (Å²) in [5.74, 6) is 0.922. The van der Waals surface area contributed by atoms with Gasteiger partial charge in [0.25, 0.3) is 0 Å². The van der Waals surface area contributed by atoms with E-state index in [2.05, 4.69) is 17.9 Å². The van der Waals surface area contributed by atoms with Gasteiger partial charge in [-0.05, 0) is 44.0 Å². The average molecular weight is 277 g/mol. The molecule has 1 unspecified atom stereocenters. The molecule has 0 radical (unpaired) electrons. The van der Waals surface area contributed by atoms with Crippen LogP contribution in [-0.2, 0) is 6.54 Å². The second-order valence-corrected chi connectivity index (χ2v) is 5.75. The second kappa shape index (κ2) is 7.09. The van der Waals surface area contributed by atoms with Crippen molar-refractivity contribution in [1.29, 1.82) is 0 Å². The van der Waals surface area contributed by atoms with Gasteiger partial charge in [0.05, 0.1) is 13.2 Å². The molecular weight excluding hydrogens is 250 g/mol. The van der Waals surface area contributed by atoms with Gasteiger partial charge in [0, 0.05) is 18.2 Å². The Labute approximate surface area is 122 Å². The van der Waals surface area contributed by atoms with Crippen LogP contribution in [0.5, 0.6) is 5.75 Å². The normalized spacial score (nSPS) is 17.6. The highest BCUT2D eigenvalue weighted by molar-refractivity contribution is 5.38. The molecular formula is C17H27NO2. The maximum Gasteiger partial charge on any atom is 0.123 e. The number of hydrogen-bond donors (Lipinski definition) is 1. The third-order valence-corrected chi connectivity index (χ3v) is 4.41. The summed E-state index contributed by atoms with van der Waals surface area (Å²) in [6.45, 7) is 6.00. The Morgan fingerprint density at radius 2 is 2.05 bits per heavy atom. The molecule has 3 nitrogen and oxygen atoms in total. The predicted octanol–water partition coefficient (Wildman–Crippen LogP) is 3.51. The number of benzene rings is 1. The maximum atomic E-state index is 9.76. The highest BCUT2D eigenvalue weighted by Gasteiger charge is 2.22. The molecule has 1 atom stereocenters. The third kappa shape index (κ3) is 3.53. The molecule has 1 aliphatic rings. The molecule has 1 saturated carbocycles. The highest BCUT2D eigenvalue weighted by atomic mass is 16.5. The minimum absolute atomic E-state index is 0.429. The summed E-state index contributed by atoms with van der Waals surface area (Å²) in [4.78, 5) is 2.54. The van der Waals surface area contributed by atoms with Crippen LogP contribution < -0.4 is 4.74 Å². The zero-order valence-corrected chi connectivity index (χ0v) is 12.9. The van der Waals surface area contributed by atoms with Crippen LogP contribution in [0.25, 0.3) is 0 Å². The van der Waals surface area contributed by atoms with Crippen molar-refractivity contribution in [1.82, 2.24) is 4.90 Å². The Hall–Kier alpha value is -1.06. The van der Waals surface area contributed by atoms with E-state index in [-0.39, 0.29) is 0 Å². The summed E-state index contributed by atoms with van der Waals surface area (Å²) >= 11 is 0. The van der Waals surface area contributed by atoms with Crippen LogP contribution in [0.1, 0.15) is 56.8 Å². The number of methoxy groups -OCH3 is 1. The first kappa shape index (κ1) is 15.3. The minimum atomic E-state index is -0.429. The van der Waals surface area contributed by atoms with Gasteiger partial charge in [-0.3, -0.25) is 4.90 Å². The Bertz CT molecular complexity index is 425. The zero-order valence-electron chi connectivity index (χ0n) is 12.9. The maximum absolute atomic E-state index is 9.76. The van der Waals surface area contributed by atoms with Crippen molar-refractivity contribution in [2.24, 2.45) is 0 Å². The fourth-order valence-electron chi connectivity index (χ4n) is 3.17. The summed E-state index contributed by atoms with van der Waals surface area (Å²) < 4.78 is 5.48. The minimum Gasteiger partial charge on any atom is -0.496 e. The van der Waals surface area contributed by atoms with Gasteiger partial charge in [0.2, 0.25) is 0 Å². The Balaban J connectivity index is 2.18. The largest absolute Gasteiger partial charge is 0.496 e. The summed E-state index contributed by atoms with van der Waals surface area (Å²) in [5.41, 5.74) is 2.14. The quantitative estimate of drug-likeness (QED) is 0.863. The molecule has 2 rings (SSSR count). The van der Waals surface area contributed by atoms with E-state index in [1.54, 1.807) is 14.0 Å². The number of rotatable bonds is 6. The van der Waals surface area contributed by atoms with E-state index < -0.39 is 6.10 Å². The molecule has 0 bridgehead atoms. The van der Waals surface area contributed by atoms with E-state index >= 15 is 0 Å². The fraction of sp³-hybridized carbons (Fsp3) is 0.647. The standard InChI is InChI=1S/C17H27NO2/c1-4-18(16-7-5-6-8-16)12-15-11-14(13(2)19)9-10-17(15)20-3/h9-11,13,16,19H,4-8,12H2,1-3H3. The Morgan fingerprint density at radius 1 is 1.35 bits per heavy atom. The van der Waals surface area contributed by atoms with Gasteiger partial charge in [0.1, 0.15) is 5.75 Å². The highest BCUT2D eigenvalue weighted by Crippen LogP contribution is 2.29. The average Bonchev–Trinajstić information content (AvgIpc) is 2.98. The monoisotopic (exact) mass is 277 g/mol. The molecule has 0 aliphatic heterocycles. The predicted molar refractivity (Wildman–Crippen MR) is 82.0 cm³/mol. The Morgan fingerprint density at radius 3 is 2.60 bits per heavy atom. The van der Waals surface area contributed by atoms with Gasteiger partial charge in [-0.2, -0.15) is 0 Å². The molecule has 1 aromatic rings. The number of hydrogen-bond acceptors (Lipinski definition) is 3. The summed E-state index contributed by atoms with van der Waals surface area (Å²) in [6, 6.07) is 6.71. The van der Waals surface area contributed by atoms with Crippen LogP contribution in [-0.4, -0.2) is 29.7 Å². The van der Waals surface area contributed by atoms with Gasteiger partial charge >= 0.3 is 0 Å². The van der Waals surface area contributed by atoms with Crippen molar-refractivity contribution >= 4 is 0 Å². The first-order chi connectivity index (χ1) is 9.65. The van der Waals surface area contributed by atoms with E-state index in [0.717, 1.165) is 24.4 Å². The van der Waals surface area contributed by atoms with E-state index in [0.29, 0.717) is 6.04 Å².